The Hall–Kier alpha value is -0.480. The van der Waals surface area contributed by atoms with Gasteiger partial charge >= 0.3 is 0 Å². The van der Waals surface area contributed by atoms with Crippen molar-refractivity contribution in [1.82, 2.24) is 10.2 Å². The van der Waals surface area contributed by atoms with Gasteiger partial charge in [0, 0.05) is 37.7 Å². The number of thioether (sulfide) groups is 1. The van der Waals surface area contributed by atoms with Crippen LogP contribution in [0.25, 0.3) is 0 Å². The third kappa shape index (κ3) is 6.97. The normalized spacial score (nSPS) is 18.6. The third-order valence-corrected chi connectivity index (χ3v) is 7.27. The van der Waals surface area contributed by atoms with Crippen LogP contribution < -0.4 is 5.32 Å². The molecule has 1 heterocycles. The van der Waals surface area contributed by atoms with E-state index in [0.29, 0.717) is 23.1 Å². The lowest BCUT2D eigenvalue weighted by Gasteiger charge is -2.34. The average molecular weight is 497 g/mol. The quantitative estimate of drug-likeness (QED) is 0.284. The first-order chi connectivity index (χ1) is 11.6. The maximum atomic E-state index is 12.3. The van der Waals surface area contributed by atoms with E-state index in [1.54, 1.807) is 31.3 Å². The van der Waals surface area contributed by atoms with E-state index in [9.17, 15) is 8.42 Å². The van der Waals surface area contributed by atoms with E-state index in [-0.39, 0.29) is 29.7 Å². The molecule has 0 aliphatic carbocycles. The molecule has 1 N–H and O–H groups in total. The number of benzene rings is 1. The highest BCUT2D eigenvalue weighted by atomic mass is 127. The number of guanidine groups is 1. The van der Waals surface area contributed by atoms with Crippen LogP contribution in [0.1, 0.15) is 19.8 Å². The summed E-state index contributed by atoms with van der Waals surface area (Å²) in [7, 11) is -1.42. The molecule has 0 saturated carbocycles. The Morgan fingerprint density at radius 1 is 1.36 bits per heavy atom. The molecule has 8 heteroatoms. The van der Waals surface area contributed by atoms with Crippen LogP contribution in [-0.4, -0.2) is 62.7 Å². The molecule has 1 aliphatic heterocycles. The molecule has 1 atom stereocenters. The summed E-state index contributed by atoms with van der Waals surface area (Å²) in [6.07, 6.45) is 1.73. The molecule has 2 rings (SSSR count). The van der Waals surface area contributed by atoms with Crippen molar-refractivity contribution in [2.45, 2.75) is 29.9 Å². The standard InChI is InChI=1S/C17H27N3O2S2.HI/c1-3-15-14-20(11-12-23-15)17(18-2)19-10-7-13-24(21,22)16-8-5-4-6-9-16;/h4-6,8-9,15H,3,7,10-14H2,1-2H3,(H,18,19);1H. The second-order valence-corrected chi connectivity index (χ2v) is 9.32. The molecule has 1 saturated heterocycles. The number of hydrogen-bond acceptors (Lipinski definition) is 4. The summed E-state index contributed by atoms with van der Waals surface area (Å²) in [5.74, 6) is 2.14. The lowest BCUT2D eigenvalue weighted by Crippen LogP contribution is -2.48. The van der Waals surface area contributed by atoms with Crippen molar-refractivity contribution in [1.29, 1.82) is 0 Å². The molecule has 1 aliphatic rings. The fourth-order valence-corrected chi connectivity index (χ4v) is 5.21. The number of nitrogens with zero attached hydrogens (tertiary/aromatic N) is 2. The first-order valence-corrected chi connectivity index (χ1v) is 11.1. The van der Waals surface area contributed by atoms with Crippen molar-refractivity contribution >= 4 is 51.5 Å². The van der Waals surface area contributed by atoms with E-state index in [2.05, 4.69) is 22.1 Å². The van der Waals surface area contributed by atoms with Gasteiger partial charge < -0.3 is 10.2 Å². The number of nitrogens with one attached hydrogen (secondary N) is 1. The number of halogens is 1. The van der Waals surface area contributed by atoms with Crippen molar-refractivity contribution in [2.24, 2.45) is 4.99 Å². The Bertz CT molecular complexity index is 639. The zero-order valence-electron chi connectivity index (χ0n) is 14.8. The molecule has 1 aromatic rings. The van der Waals surface area contributed by atoms with Gasteiger partial charge in [0.1, 0.15) is 0 Å². The maximum absolute atomic E-state index is 12.3. The Balaban J connectivity index is 0.00000312. The molecule has 0 amide bonds. The monoisotopic (exact) mass is 497 g/mol. The van der Waals surface area contributed by atoms with Crippen LogP contribution in [0, 0.1) is 0 Å². The fourth-order valence-electron chi connectivity index (χ4n) is 2.70. The lowest BCUT2D eigenvalue weighted by molar-refractivity contribution is 0.408. The highest BCUT2D eigenvalue weighted by molar-refractivity contribution is 14.0. The Morgan fingerprint density at radius 2 is 2.08 bits per heavy atom. The zero-order chi connectivity index (χ0) is 17.4. The minimum Gasteiger partial charge on any atom is -0.356 e. The van der Waals surface area contributed by atoms with E-state index < -0.39 is 9.84 Å². The maximum Gasteiger partial charge on any atom is 0.193 e. The minimum absolute atomic E-state index is 0. The van der Waals surface area contributed by atoms with Gasteiger partial charge in [-0.25, -0.2) is 8.42 Å². The number of aliphatic imine (C=N–C) groups is 1. The van der Waals surface area contributed by atoms with Crippen LogP contribution >= 0.6 is 35.7 Å². The van der Waals surface area contributed by atoms with Crippen LogP contribution in [-0.2, 0) is 9.84 Å². The van der Waals surface area contributed by atoms with Gasteiger partial charge in [-0.2, -0.15) is 11.8 Å². The van der Waals surface area contributed by atoms with Gasteiger partial charge in [-0.1, -0.05) is 25.1 Å². The molecule has 1 unspecified atom stereocenters. The molecule has 25 heavy (non-hydrogen) atoms. The van der Waals surface area contributed by atoms with Crippen molar-refractivity contribution < 1.29 is 8.42 Å². The van der Waals surface area contributed by atoms with Gasteiger partial charge in [0.05, 0.1) is 10.6 Å². The summed E-state index contributed by atoms with van der Waals surface area (Å²) in [4.78, 5) is 7.02. The fraction of sp³-hybridized carbons (Fsp3) is 0.588. The van der Waals surface area contributed by atoms with E-state index in [4.69, 9.17) is 0 Å². The van der Waals surface area contributed by atoms with Crippen molar-refractivity contribution in [3.63, 3.8) is 0 Å². The molecule has 1 aromatic carbocycles. The topological polar surface area (TPSA) is 61.8 Å². The molecular weight excluding hydrogens is 469 g/mol. The summed E-state index contributed by atoms with van der Waals surface area (Å²) in [6.45, 7) is 4.82. The summed E-state index contributed by atoms with van der Waals surface area (Å²) in [5.41, 5.74) is 0. The van der Waals surface area contributed by atoms with Gasteiger partial charge in [0.25, 0.3) is 0 Å². The second-order valence-electron chi connectivity index (χ2n) is 5.81. The van der Waals surface area contributed by atoms with Gasteiger partial charge in [0.15, 0.2) is 15.8 Å². The smallest absolute Gasteiger partial charge is 0.193 e. The van der Waals surface area contributed by atoms with Crippen LogP contribution in [0.15, 0.2) is 40.2 Å². The highest BCUT2D eigenvalue weighted by Crippen LogP contribution is 2.21. The van der Waals surface area contributed by atoms with Crippen LogP contribution in [0.3, 0.4) is 0 Å². The molecule has 5 nitrogen and oxygen atoms in total. The summed E-state index contributed by atoms with van der Waals surface area (Å²) < 4.78 is 24.5. The Morgan fingerprint density at radius 3 is 2.72 bits per heavy atom. The van der Waals surface area contributed by atoms with Gasteiger partial charge in [-0.15, -0.1) is 24.0 Å². The van der Waals surface area contributed by atoms with E-state index in [1.807, 2.05) is 17.8 Å². The van der Waals surface area contributed by atoms with Crippen LogP contribution in [0.5, 0.6) is 0 Å². The molecule has 142 valence electrons. The van der Waals surface area contributed by atoms with Crippen molar-refractivity contribution in [3.05, 3.63) is 30.3 Å². The van der Waals surface area contributed by atoms with Crippen LogP contribution in [0.4, 0.5) is 0 Å². The van der Waals surface area contributed by atoms with Crippen molar-refractivity contribution in [3.8, 4) is 0 Å². The molecule has 0 bridgehead atoms. The molecule has 0 radical (unpaired) electrons. The molecule has 1 fully saturated rings. The largest absolute Gasteiger partial charge is 0.356 e. The summed E-state index contributed by atoms with van der Waals surface area (Å²) in [6, 6.07) is 8.64. The molecule has 0 spiro atoms. The van der Waals surface area contributed by atoms with Crippen molar-refractivity contribution in [2.75, 3.05) is 38.2 Å². The number of hydrogen-bond donors (Lipinski definition) is 1. The minimum atomic E-state index is -3.20. The van der Waals surface area contributed by atoms with E-state index >= 15 is 0 Å². The third-order valence-electron chi connectivity index (χ3n) is 4.08. The predicted molar refractivity (Wildman–Crippen MR) is 118 cm³/mol. The molecular formula is C17H28IN3O2S2. The second kappa shape index (κ2) is 11.3. The summed E-state index contributed by atoms with van der Waals surface area (Å²) in [5, 5.41) is 3.96. The lowest BCUT2D eigenvalue weighted by atomic mass is 10.3. The van der Waals surface area contributed by atoms with E-state index in [1.165, 1.54) is 0 Å². The first-order valence-electron chi connectivity index (χ1n) is 8.42. The van der Waals surface area contributed by atoms with E-state index in [0.717, 1.165) is 31.2 Å². The van der Waals surface area contributed by atoms with Gasteiger partial charge in [-0.3, -0.25) is 4.99 Å². The summed E-state index contributed by atoms with van der Waals surface area (Å²) >= 11 is 2.02. The zero-order valence-corrected chi connectivity index (χ0v) is 18.8. The predicted octanol–water partition coefficient (Wildman–Crippen LogP) is 2.87. The van der Waals surface area contributed by atoms with Gasteiger partial charge in [-0.05, 0) is 25.0 Å². The first kappa shape index (κ1) is 22.6. The molecule has 0 aromatic heterocycles. The SMILES string of the molecule is CCC1CN(C(=NC)NCCCS(=O)(=O)c2ccccc2)CCS1.I. The number of sulfone groups is 1. The Kier molecular flexibility index (Phi) is 10.2. The Labute approximate surface area is 173 Å². The van der Waals surface area contributed by atoms with Gasteiger partial charge in [0.2, 0.25) is 0 Å². The number of rotatable bonds is 6. The highest BCUT2D eigenvalue weighted by Gasteiger charge is 2.21. The van der Waals surface area contributed by atoms with Crippen LogP contribution in [0.2, 0.25) is 0 Å². The average Bonchev–Trinajstić information content (AvgIpc) is 2.62.